The van der Waals surface area contributed by atoms with Crippen molar-refractivity contribution in [2.75, 3.05) is 46.4 Å². The predicted molar refractivity (Wildman–Crippen MR) is 130 cm³/mol. The smallest absolute Gasteiger partial charge is 0.269 e. The summed E-state index contributed by atoms with van der Waals surface area (Å²) in [6.07, 6.45) is 5.84. The number of hydrogen-bond acceptors (Lipinski definition) is 6. The zero-order valence-corrected chi connectivity index (χ0v) is 19.9. The third-order valence-electron chi connectivity index (χ3n) is 7.13. The Balaban J connectivity index is 1.23. The normalized spacial score (nSPS) is 25.2. The Morgan fingerprint density at radius 2 is 1.79 bits per heavy atom. The van der Waals surface area contributed by atoms with Crippen molar-refractivity contribution in [1.82, 2.24) is 20.0 Å². The van der Waals surface area contributed by atoms with Crippen LogP contribution in [0.3, 0.4) is 0 Å². The third-order valence-corrected chi connectivity index (χ3v) is 8.17. The molecule has 33 heavy (non-hydrogen) atoms. The van der Waals surface area contributed by atoms with Crippen molar-refractivity contribution in [2.24, 2.45) is 5.92 Å². The molecule has 0 spiro atoms. The van der Waals surface area contributed by atoms with Crippen LogP contribution in [0.15, 0.2) is 47.5 Å². The van der Waals surface area contributed by atoms with Crippen LogP contribution in [0.5, 0.6) is 5.75 Å². The molecule has 1 aromatic carbocycles. The molecule has 0 aromatic heterocycles. The van der Waals surface area contributed by atoms with E-state index in [2.05, 4.69) is 39.9 Å². The summed E-state index contributed by atoms with van der Waals surface area (Å²) >= 11 is 1.78. The number of hydrogen-bond donors (Lipinski definition) is 1. The molecule has 1 N–H and O–H groups in total. The number of piperidine rings is 1. The first-order chi connectivity index (χ1) is 16.1. The molecule has 0 radical (unpaired) electrons. The highest BCUT2D eigenvalue weighted by atomic mass is 32.2. The number of nitrogens with zero attached hydrogens (tertiary/aromatic N) is 3. The maximum atomic E-state index is 13.6. The van der Waals surface area contributed by atoms with Gasteiger partial charge in [0.1, 0.15) is 11.4 Å². The van der Waals surface area contributed by atoms with Gasteiger partial charge >= 0.3 is 0 Å². The van der Waals surface area contributed by atoms with Crippen LogP contribution < -0.4 is 10.1 Å². The number of ether oxygens (including phenoxy) is 1. The van der Waals surface area contributed by atoms with E-state index in [0.29, 0.717) is 19.6 Å². The van der Waals surface area contributed by atoms with Gasteiger partial charge in [-0.1, -0.05) is 18.2 Å². The highest BCUT2D eigenvalue weighted by Crippen LogP contribution is 2.39. The van der Waals surface area contributed by atoms with Crippen LogP contribution in [0.2, 0.25) is 0 Å². The Hall–Kier alpha value is -2.45. The average Bonchev–Trinajstić information content (AvgIpc) is 3.47. The van der Waals surface area contributed by atoms with Gasteiger partial charge in [-0.2, -0.15) is 0 Å². The molecule has 4 heterocycles. The summed E-state index contributed by atoms with van der Waals surface area (Å²) in [6.45, 7) is 5.30. The van der Waals surface area contributed by atoms with Gasteiger partial charge in [-0.25, -0.2) is 0 Å². The highest BCUT2D eigenvalue weighted by Gasteiger charge is 2.40. The van der Waals surface area contributed by atoms with E-state index < -0.39 is 0 Å². The van der Waals surface area contributed by atoms with Gasteiger partial charge in [-0.3, -0.25) is 9.59 Å². The largest absolute Gasteiger partial charge is 0.497 e. The number of amides is 2. The maximum Gasteiger partial charge on any atom is 0.269 e. The highest BCUT2D eigenvalue weighted by molar-refractivity contribution is 8.03. The third kappa shape index (κ3) is 4.64. The van der Waals surface area contributed by atoms with Crippen LogP contribution in [0.1, 0.15) is 18.4 Å². The van der Waals surface area contributed by atoms with Crippen LogP contribution in [0.25, 0.3) is 0 Å². The molecule has 1 aromatic rings. The van der Waals surface area contributed by atoms with E-state index >= 15 is 0 Å². The van der Waals surface area contributed by atoms with Gasteiger partial charge in [0.05, 0.1) is 18.4 Å². The number of thioether (sulfide) groups is 1. The number of carbonyl (C=O) groups is 2. The number of fused-ring (bicyclic) bond motifs is 1. The topological polar surface area (TPSA) is 65.1 Å². The second kappa shape index (κ2) is 9.81. The standard InChI is InChI=1S/C25H32N4O3S/c1-32-20-4-2-18(3-5-20)17-29-21-8-15-33-23(21)16-22(29)25(31)27-11-6-19(7-12-27)24(30)28-13-9-26-10-14-28/h2-5,8,15-16,19,21,23,26H,6-7,9-14,17H2,1H3. The van der Waals surface area contributed by atoms with Crippen molar-refractivity contribution in [3.63, 3.8) is 0 Å². The summed E-state index contributed by atoms with van der Waals surface area (Å²) in [4.78, 5) is 32.6. The molecule has 4 aliphatic heterocycles. The number of rotatable bonds is 5. The first-order valence-corrected chi connectivity index (χ1v) is 12.8. The molecule has 2 fully saturated rings. The summed E-state index contributed by atoms with van der Waals surface area (Å²) in [5.41, 5.74) is 1.95. The lowest BCUT2D eigenvalue weighted by atomic mass is 9.94. The first-order valence-electron chi connectivity index (χ1n) is 11.9. The summed E-state index contributed by atoms with van der Waals surface area (Å²) in [6, 6.07) is 8.27. The number of carbonyl (C=O) groups excluding carboxylic acids is 2. The van der Waals surface area contributed by atoms with Crippen LogP contribution in [-0.2, 0) is 16.1 Å². The van der Waals surface area contributed by atoms with Gasteiger partial charge in [-0.05, 0) is 42.0 Å². The van der Waals surface area contributed by atoms with E-state index in [0.717, 1.165) is 56.0 Å². The van der Waals surface area contributed by atoms with E-state index in [4.69, 9.17) is 4.74 Å². The van der Waals surface area contributed by atoms with Crippen molar-refractivity contribution < 1.29 is 14.3 Å². The minimum absolute atomic E-state index is 0.0398. The number of piperazine rings is 1. The molecule has 2 saturated heterocycles. The van der Waals surface area contributed by atoms with Crippen molar-refractivity contribution in [2.45, 2.75) is 30.7 Å². The van der Waals surface area contributed by atoms with Gasteiger partial charge in [-0.15, -0.1) is 11.8 Å². The molecule has 8 heteroatoms. The van der Waals surface area contributed by atoms with Gasteiger partial charge in [0.15, 0.2) is 0 Å². The van der Waals surface area contributed by atoms with Crippen molar-refractivity contribution in [1.29, 1.82) is 0 Å². The molecule has 2 unspecified atom stereocenters. The second-order valence-corrected chi connectivity index (χ2v) is 10.2. The molecule has 7 nitrogen and oxygen atoms in total. The quantitative estimate of drug-likeness (QED) is 0.714. The van der Waals surface area contributed by atoms with E-state index in [-0.39, 0.29) is 29.0 Å². The molecule has 176 valence electrons. The van der Waals surface area contributed by atoms with Crippen LogP contribution in [0, 0.1) is 5.92 Å². The maximum absolute atomic E-state index is 13.6. The minimum Gasteiger partial charge on any atom is -0.497 e. The first kappa shape index (κ1) is 22.3. The number of likely N-dealkylation sites (tertiary alicyclic amines) is 1. The van der Waals surface area contributed by atoms with E-state index in [1.807, 2.05) is 21.9 Å². The summed E-state index contributed by atoms with van der Waals surface area (Å²) in [5, 5.41) is 5.73. The number of methoxy groups -OCH3 is 1. The van der Waals surface area contributed by atoms with E-state index in [1.54, 1.807) is 18.9 Å². The lowest BCUT2D eigenvalue weighted by Gasteiger charge is -2.37. The number of nitrogens with one attached hydrogen (secondary N) is 1. The van der Waals surface area contributed by atoms with Crippen LogP contribution in [-0.4, -0.2) is 84.2 Å². The van der Waals surface area contributed by atoms with Crippen LogP contribution in [0.4, 0.5) is 0 Å². The van der Waals surface area contributed by atoms with Crippen molar-refractivity contribution >= 4 is 23.6 Å². The Morgan fingerprint density at radius 3 is 2.48 bits per heavy atom. The fourth-order valence-electron chi connectivity index (χ4n) is 5.18. The molecule has 0 aliphatic carbocycles. The molecular formula is C25H32N4O3S. The second-order valence-electron chi connectivity index (χ2n) is 9.09. The Labute approximate surface area is 199 Å². The van der Waals surface area contributed by atoms with E-state index in [1.165, 1.54) is 0 Å². The average molecular weight is 469 g/mol. The van der Waals surface area contributed by atoms with Crippen LogP contribution >= 0.6 is 11.8 Å². The monoisotopic (exact) mass is 468 g/mol. The Kier molecular flexibility index (Phi) is 6.64. The molecule has 0 bridgehead atoms. The lowest BCUT2D eigenvalue weighted by molar-refractivity contribution is -0.140. The molecule has 0 saturated carbocycles. The minimum atomic E-state index is 0.0398. The summed E-state index contributed by atoms with van der Waals surface area (Å²) in [5.74, 6) is 1.23. The molecule has 2 atom stereocenters. The predicted octanol–water partition coefficient (Wildman–Crippen LogP) is 2.06. The molecule has 4 aliphatic rings. The van der Waals surface area contributed by atoms with Gasteiger partial charge in [0.2, 0.25) is 5.91 Å². The number of benzene rings is 1. The Morgan fingerprint density at radius 1 is 1.06 bits per heavy atom. The van der Waals surface area contributed by atoms with Gasteiger partial charge < -0.3 is 24.8 Å². The summed E-state index contributed by atoms with van der Waals surface area (Å²) in [7, 11) is 1.67. The molecule has 2 amide bonds. The molecule has 5 rings (SSSR count). The molecular weight excluding hydrogens is 436 g/mol. The Bertz CT molecular complexity index is 933. The van der Waals surface area contributed by atoms with Gasteiger partial charge in [0.25, 0.3) is 5.91 Å². The SMILES string of the molecule is COc1ccc(CN2C(C(=O)N3CCC(C(=O)N4CCNCC4)CC3)=CC3SC=CC32)cc1. The van der Waals surface area contributed by atoms with Crippen molar-refractivity contribution in [3.05, 3.63) is 53.1 Å². The van der Waals surface area contributed by atoms with Crippen molar-refractivity contribution in [3.8, 4) is 5.75 Å². The summed E-state index contributed by atoms with van der Waals surface area (Å²) < 4.78 is 5.28. The lowest BCUT2D eigenvalue weighted by Crippen LogP contribution is -2.51. The van der Waals surface area contributed by atoms with Gasteiger partial charge in [0, 0.05) is 51.7 Å². The fraction of sp³-hybridized carbons (Fsp3) is 0.520. The zero-order chi connectivity index (χ0) is 22.8. The fourth-order valence-corrected chi connectivity index (χ4v) is 6.22. The van der Waals surface area contributed by atoms with E-state index in [9.17, 15) is 9.59 Å². The zero-order valence-electron chi connectivity index (χ0n) is 19.1.